The molecular weight excluding hydrogens is 222 g/mol. The van der Waals surface area contributed by atoms with Crippen molar-refractivity contribution in [1.29, 1.82) is 0 Å². The largest absolute Gasteiger partial charge is 0.494 e. The number of ether oxygens (including phenoxy) is 1. The number of hydrogen-bond acceptors (Lipinski definition) is 2. The van der Waals surface area contributed by atoms with Gasteiger partial charge in [0, 0.05) is 6.04 Å². The number of aryl methyl sites for hydroxylation is 1. The Morgan fingerprint density at radius 1 is 1.06 bits per heavy atom. The van der Waals surface area contributed by atoms with Gasteiger partial charge in [-0.25, -0.2) is 0 Å². The normalized spacial score (nSPS) is 12.4. The molecule has 2 heteroatoms. The zero-order valence-corrected chi connectivity index (χ0v) is 11.8. The van der Waals surface area contributed by atoms with Crippen LogP contribution in [-0.2, 0) is 6.42 Å². The van der Waals surface area contributed by atoms with E-state index in [2.05, 4.69) is 38.1 Å². The Hall–Kier alpha value is -1.02. The molecule has 0 heterocycles. The van der Waals surface area contributed by atoms with Crippen molar-refractivity contribution in [2.75, 3.05) is 6.61 Å². The molecule has 2 nitrogen and oxygen atoms in total. The minimum Gasteiger partial charge on any atom is -0.494 e. The Labute approximate surface area is 112 Å². The van der Waals surface area contributed by atoms with Crippen LogP contribution in [0.15, 0.2) is 24.3 Å². The molecule has 0 aromatic heterocycles. The molecule has 0 aliphatic carbocycles. The van der Waals surface area contributed by atoms with Gasteiger partial charge in [-0.1, -0.05) is 32.4 Å². The molecule has 1 aromatic carbocycles. The molecule has 0 saturated carbocycles. The van der Waals surface area contributed by atoms with Crippen LogP contribution in [0, 0.1) is 0 Å². The molecule has 0 saturated heterocycles. The van der Waals surface area contributed by atoms with Gasteiger partial charge in [-0.3, -0.25) is 0 Å². The van der Waals surface area contributed by atoms with Crippen molar-refractivity contribution < 1.29 is 4.74 Å². The molecule has 2 N–H and O–H groups in total. The van der Waals surface area contributed by atoms with Gasteiger partial charge in [-0.05, 0) is 49.8 Å². The monoisotopic (exact) mass is 249 g/mol. The second-order valence-electron chi connectivity index (χ2n) is 4.93. The summed E-state index contributed by atoms with van der Waals surface area (Å²) in [5.41, 5.74) is 7.38. The van der Waals surface area contributed by atoms with Gasteiger partial charge >= 0.3 is 0 Å². The summed E-state index contributed by atoms with van der Waals surface area (Å²) in [5.74, 6) is 0.975. The molecule has 1 rings (SSSR count). The van der Waals surface area contributed by atoms with E-state index in [0.717, 1.165) is 38.0 Å². The summed E-state index contributed by atoms with van der Waals surface area (Å²) in [6.07, 6.45) is 6.80. The van der Waals surface area contributed by atoms with Crippen LogP contribution in [0.1, 0.15) is 51.5 Å². The predicted molar refractivity (Wildman–Crippen MR) is 78.0 cm³/mol. The highest BCUT2D eigenvalue weighted by Crippen LogP contribution is 2.14. The average molecular weight is 249 g/mol. The zero-order chi connectivity index (χ0) is 13.2. The molecule has 0 aliphatic rings. The molecule has 1 unspecified atom stereocenters. The Morgan fingerprint density at radius 2 is 1.78 bits per heavy atom. The maximum atomic E-state index is 6.01. The highest BCUT2D eigenvalue weighted by Gasteiger charge is 2.01. The predicted octanol–water partition coefficient (Wildman–Crippen LogP) is 3.93. The molecular formula is C16H27NO. The minimum atomic E-state index is 0.377. The summed E-state index contributed by atoms with van der Waals surface area (Å²) in [4.78, 5) is 0. The third kappa shape index (κ3) is 6.06. The number of benzene rings is 1. The fraction of sp³-hybridized carbons (Fsp3) is 0.625. The lowest BCUT2D eigenvalue weighted by molar-refractivity contribution is 0.317. The van der Waals surface area contributed by atoms with Gasteiger partial charge in [0.05, 0.1) is 6.61 Å². The fourth-order valence-corrected chi connectivity index (χ4v) is 2.06. The van der Waals surface area contributed by atoms with E-state index in [1.165, 1.54) is 18.4 Å². The second kappa shape index (κ2) is 8.98. The molecule has 0 amide bonds. The summed E-state index contributed by atoms with van der Waals surface area (Å²) in [6, 6.07) is 8.84. The second-order valence-corrected chi connectivity index (χ2v) is 4.93. The van der Waals surface area contributed by atoms with Crippen molar-refractivity contribution >= 4 is 0 Å². The van der Waals surface area contributed by atoms with E-state index >= 15 is 0 Å². The van der Waals surface area contributed by atoms with Gasteiger partial charge in [0.15, 0.2) is 0 Å². The zero-order valence-electron chi connectivity index (χ0n) is 11.8. The first kappa shape index (κ1) is 15.0. The van der Waals surface area contributed by atoms with Crippen LogP contribution in [0.2, 0.25) is 0 Å². The van der Waals surface area contributed by atoms with Crippen LogP contribution in [0.3, 0.4) is 0 Å². The minimum absolute atomic E-state index is 0.377. The summed E-state index contributed by atoms with van der Waals surface area (Å²) >= 11 is 0. The van der Waals surface area contributed by atoms with Crippen LogP contribution >= 0.6 is 0 Å². The van der Waals surface area contributed by atoms with Crippen LogP contribution in [-0.4, -0.2) is 12.6 Å². The van der Waals surface area contributed by atoms with E-state index in [-0.39, 0.29) is 0 Å². The van der Waals surface area contributed by atoms with Crippen molar-refractivity contribution in [3.8, 4) is 5.75 Å². The highest BCUT2D eigenvalue weighted by atomic mass is 16.5. The van der Waals surface area contributed by atoms with Gasteiger partial charge in [0.25, 0.3) is 0 Å². The smallest absolute Gasteiger partial charge is 0.119 e. The van der Waals surface area contributed by atoms with E-state index in [4.69, 9.17) is 10.5 Å². The third-order valence-electron chi connectivity index (χ3n) is 3.10. The van der Waals surface area contributed by atoms with Crippen LogP contribution < -0.4 is 10.5 Å². The summed E-state index contributed by atoms with van der Waals surface area (Å²) < 4.78 is 5.56. The Kier molecular flexibility index (Phi) is 7.51. The van der Waals surface area contributed by atoms with Crippen LogP contribution in [0.25, 0.3) is 0 Å². The van der Waals surface area contributed by atoms with Gasteiger partial charge in [-0.15, -0.1) is 0 Å². The number of hydrogen-bond donors (Lipinski definition) is 1. The third-order valence-corrected chi connectivity index (χ3v) is 3.10. The van der Waals surface area contributed by atoms with Gasteiger partial charge < -0.3 is 10.5 Å². The quantitative estimate of drug-likeness (QED) is 0.720. The van der Waals surface area contributed by atoms with Crippen molar-refractivity contribution in [1.82, 2.24) is 0 Å². The molecule has 102 valence electrons. The van der Waals surface area contributed by atoms with Crippen LogP contribution in [0.5, 0.6) is 5.75 Å². The first-order chi connectivity index (χ1) is 8.76. The van der Waals surface area contributed by atoms with Crippen molar-refractivity contribution in [2.45, 2.75) is 58.4 Å². The van der Waals surface area contributed by atoms with Gasteiger partial charge in [0.2, 0.25) is 0 Å². The Morgan fingerprint density at radius 3 is 2.39 bits per heavy atom. The first-order valence-electron chi connectivity index (χ1n) is 7.23. The summed E-state index contributed by atoms with van der Waals surface area (Å²) in [6.45, 7) is 5.11. The fourth-order valence-electron chi connectivity index (χ4n) is 2.06. The topological polar surface area (TPSA) is 35.2 Å². The summed E-state index contributed by atoms with van der Waals surface area (Å²) in [7, 11) is 0. The van der Waals surface area contributed by atoms with Crippen molar-refractivity contribution in [2.24, 2.45) is 5.73 Å². The van der Waals surface area contributed by atoms with Crippen molar-refractivity contribution in [3.05, 3.63) is 29.8 Å². The van der Waals surface area contributed by atoms with E-state index in [1.807, 2.05) is 0 Å². The Balaban J connectivity index is 2.26. The van der Waals surface area contributed by atoms with E-state index in [0.29, 0.717) is 6.04 Å². The van der Waals surface area contributed by atoms with Gasteiger partial charge in [-0.2, -0.15) is 0 Å². The van der Waals surface area contributed by atoms with Crippen LogP contribution in [0.4, 0.5) is 0 Å². The number of nitrogens with two attached hydrogens (primary N) is 1. The van der Waals surface area contributed by atoms with Gasteiger partial charge in [0.1, 0.15) is 5.75 Å². The lowest BCUT2D eigenvalue weighted by Crippen LogP contribution is -2.19. The molecule has 0 fully saturated rings. The van der Waals surface area contributed by atoms with Crippen molar-refractivity contribution in [3.63, 3.8) is 0 Å². The highest BCUT2D eigenvalue weighted by molar-refractivity contribution is 5.27. The average Bonchev–Trinajstić information content (AvgIpc) is 2.38. The maximum absolute atomic E-state index is 6.01. The SMILES string of the molecule is CCCOc1ccc(CCCC(N)CCC)cc1. The maximum Gasteiger partial charge on any atom is 0.119 e. The molecule has 0 radical (unpaired) electrons. The number of rotatable bonds is 9. The first-order valence-corrected chi connectivity index (χ1v) is 7.23. The van der Waals surface area contributed by atoms with E-state index < -0.39 is 0 Å². The van der Waals surface area contributed by atoms with E-state index in [1.54, 1.807) is 0 Å². The lowest BCUT2D eigenvalue weighted by atomic mass is 10.0. The molecule has 1 aromatic rings. The molecule has 0 bridgehead atoms. The molecule has 0 spiro atoms. The Bertz CT molecular complexity index is 307. The summed E-state index contributed by atoms with van der Waals surface area (Å²) in [5, 5.41) is 0. The molecule has 1 atom stereocenters. The molecule has 0 aliphatic heterocycles. The standard InChI is InChI=1S/C16H27NO/c1-3-6-15(17)8-5-7-14-9-11-16(12-10-14)18-13-4-2/h9-12,15H,3-8,13,17H2,1-2H3. The van der Waals surface area contributed by atoms with E-state index in [9.17, 15) is 0 Å². The molecule has 18 heavy (non-hydrogen) atoms. The lowest BCUT2D eigenvalue weighted by Gasteiger charge is -2.10.